The van der Waals surface area contributed by atoms with Gasteiger partial charge in [0.05, 0.1) is 38.1 Å². The van der Waals surface area contributed by atoms with Crippen LogP contribution in [-0.2, 0) is 19.1 Å². The number of primary amides is 1. The normalized spacial score (nSPS) is 21.4. The number of morpholine rings is 1. The van der Waals surface area contributed by atoms with E-state index in [0.717, 1.165) is 0 Å². The summed E-state index contributed by atoms with van der Waals surface area (Å²) < 4.78 is 5.13. The fourth-order valence-electron chi connectivity index (χ4n) is 1.83. The molecule has 1 fully saturated rings. The number of carbonyl (C=O) groups excluding carboxylic acids is 2. The Morgan fingerprint density at radius 3 is 2.67 bits per heavy atom. The van der Waals surface area contributed by atoms with Gasteiger partial charge >= 0.3 is 5.97 Å². The van der Waals surface area contributed by atoms with Gasteiger partial charge in [-0.1, -0.05) is 0 Å². The Labute approximate surface area is 104 Å². The van der Waals surface area contributed by atoms with Gasteiger partial charge in [0.25, 0.3) is 0 Å². The first-order valence-corrected chi connectivity index (χ1v) is 5.55. The number of carboxylic acid groups (broad SMARTS) is 1. The maximum Gasteiger partial charge on any atom is 0.305 e. The minimum atomic E-state index is -1.03. The fraction of sp³-hybridized carbons (Fsp3) is 0.700. The van der Waals surface area contributed by atoms with Crippen LogP contribution in [0.15, 0.2) is 0 Å². The molecule has 0 spiro atoms. The number of aliphatic carboxylic acids is 1. The van der Waals surface area contributed by atoms with E-state index in [-0.39, 0.29) is 26.0 Å². The Balaban J connectivity index is 2.67. The van der Waals surface area contributed by atoms with Gasteiger partial charge in [-0.05, 0) is 0 Å². The minimum absolute atomic E-state index is 0.154. The lowest BCUT2D eigenvalue weighted by Crippen LogP contribution is -2.55. The molecule has 1 rings (SSSR count). The Morgan fingerprint density at radius 2 is 2.11 bits per heavy atom. The second kappa shape index (κ2) is 6.31. The van der Waals surface area contributed by atoms with Gasteiger partial charge in [0, 0.05) is 6.54 Å². The van der Waals surface area contributed by atoms with Crippen molar-refractivity contribution in [2.45, 2.75) is 24.9 Å². The summed E-state index contributed by atoms with van der Waals surface area (Å²) in [5.74, 6) is -2.16. The largest absolute Gasteiger partial charge is 0.481 e. The van der Waals surface area contributed by atoms with Crippen LogP contribution in [0, 0.1) is 0 Å². The van der Waals surface area contributed by atoms with Crippen molar-refractivity contribution in [1.82, 2.24) is 4.90 Å². The lowest BCUT2D eigenvalue weighted by Gasteiger charge is -2.36. The van der Waals surface area contributed by atoms with E-state index in [0.29, 0.717) is 6.61 Å². The highest BCUT2D eigenvalue weighted by Crippen LogP contribution is 2.12. The molecule has 5 N–H and O–H groups in total. The van der Waals surface area contributed by atoms with Crippen LogP contribution >= 0.6 is 0 Å². The molecule has 0 saturated carbocycles. The third-order valence-corrected chi connectivity index (χ3v) is 2.66. The standard InChI is InChI=1S/C10H17N3O5/c11-7(4-8(12)14)10(17)13-1-2-18-5-6(13)3-9(15)16/h6-7H,1-5,11H2,(H2,12,14)(H,15,16). The molecule has 0 aliphatic carbocycles. The van der Waals surface area contributed by atoms with Gasteiger partial charge in [-0.3, -0.25) is 14.4 Å². The molecule has 1 aliphatic rings. The zero-order valence-corrected chi connectivity index (χ0v) is 9.87. The molecule has 8 heteroatoms. The Bertz CT molecular complexity index is 346. The van der Waals surface area contributed by atoms with Crippen molar-refractivity contribution >= 4 is 17.8 Å². The number of amides is 2. The molecule has 2 amide bonds. The van der Waals surface area contributed by atoms with Crippen molar-refractivity contribution in [2.24, 2.45) is 11.5 Å². The highest BCUT2D eigenvalue weighted by atomic mass is 16.5. The molecule has 0 aromatic heterocycles. The molecule has 0 bridgehead atoms. The van der Waals surface area contributed by atoms with Crippen LogP contribution in [0.3, 0.4) is 0 Å². The van der Waals surface area contributed by atoms with Crippen LogP contribution in [-0.4, -0.2) is 59.6 Å². The Hall–Kier alpha value is -1.67. The molecule has 8 nitrogen and oxygen atoms in total. The van der Waals surface area contributed by atoms with Gasteiger partial charge in [-0.2, -0.15) is 0 Å². The second-order valence-electron chi connectivity index (χ2n) is 4.14. The number of nitrogens with zero attached hydrogens (tertiary/aromatic N) is 1. The molecule has 0 aromatic rings. The Kier molecular flexibility index (Phi) is 5.05. The van der Waals surface area contributed by atoms with Crippen LogP contribution < -0.4 is 11.5 Å². The van der Waals surface area contributed by atoms with Crippen molar-refractivity contribution in [3.63, 3.8) is 0 Å². The van der Waals surface area contributed by atoms with Crippen molar-refractivity contribution in [3.8, 4) is 0 Å². The van der Waals surface area contributed by atoms with E-state index >= 15 is 0 Å². The number of nitrogens with two attached hydrogens (primary N) is 2. The summed E-state index contributed by atoms with van der Waals surface area (Å²) >= 11 is 0. The van der Waals surface area contributed by atoms with Crippen LogP contribution in [0.5, 0.6) is 0 Å². The maximum absolute atomic E-state index is 12.0. The van der Waals surface area contributed by atoms with Gasteiger partial charge in [0.2, 0.25) is 11.8 Å². The summed E-state index contributed by atoms with van der Waals surface area (Å²) in [6.45, 7) is 0.746. The van der Waals surface area contributed by atoms with Crippen LogP contribution in [0.25, 0.3) is 0 Å². The first-order chi connectivity index (χ1) is 8.41. The summed E-state index contributed by atoms with van der Waals surface area (Å²) in [6.07, 6.45) is -0.467. The number of rotatable bonds is 5. The van der Waals surface area contributed by atoms with E-state index in [1.54, 1.807) is 0 Å². The molecule has 1 saturated heterocycles. The molecule has 0 aromatic carbocycles. The molecule has 1 aliphatic heterocycles. The van der Waals surface area contributed by atoms with Gasteiger partial charge in [-0.25, -0.2) is 0 Å². The average molecular weight is 259 g/mol. The van der Waals surface area contributed by atoms with E-state index in [2.05, 4.69) is 0 Å². The lowest BCUT2D eigenvalue weighted by atomic mass is 10.1. The maximum atomic E-state index is 12.0. The van der Waals surface area contributed by atoms with Gasteiger partial charge in [-0.15, -0.1) is 0 Å². The molecule has 18 heavy (non-hydrogen) atoms. The third-order valence-electron chi connectivity index (χ3n) is 2.66. The molecule has 2 atom stereocenters. The minimum Gasteiger partial charge on any atom is -0.481 e. The van der Waals surface area contributed by atoms with Crippen molar-refractivity contribution < 1.29 is 24.2 Å². The summed E-state index contributed by atoms with van der Waals surface area (Å²) in [4.78, 5) is 34.7. The highest BCUT2D eigenvalue weighted by Gasteiger charge is 2.32. The number of carbonyl (C=O) groups is 3. The molecule has 0 radical (unpaired) electrons. The van der Waals surface area contributed by atoms with Crippen molar-refractivity contribution in [1.29, 1.82) is 0 Å². The molecule has 2 unspecified atom stereocenters. The molecular formula is C10H17N3O5. The number of carboxylic acids is 1. The Morgan fingerprint density at radius 1 is 1.44 bits per heavy atom. The van der Waals surface area contributed by atoms with Gasteiger partial charge in [0.1, 0.15) is 0 Å². The number of ether oxygens (including phenoxy) is 1. The average Bonchev–Trinajstić information content (AvgIpc) is 2.27. The summed E-state index contributed by atoms with van der Waals surface area (Å²) in [7, 11) is 0. The van der Waals surface area contributed by atoms with Crippen LogP contribution in [0.1, 0.15) is 12.8 Å². The van der Waals surface area contributed by atoms with Gasteiger partial charge in [0.15, 0.2) is 0 Å². The van der Waals surface area contributed by atoms with E-state index in [9.17, 15) is 14.4 Å². The van der Waals surface area contributed by atoms with E-state index < -0.39 is 29.9 Å². The van der Waals surface area contributed by atoms with Crippen molar-refractivity contribution in [3.05, 3.63) is 0 Å². The number of hydrogen-bond donors (Lipinski definition) is 3. The predicted octanol–water partition coefficient (Wildman–Crippen LogP) is -2.11. The van der Waals surface area contributed by atoms with E-state index in [1.807, 2.05) is 0 Å². The van der Waals surface area contributed by atoms with E-state index in [4.69, 9.17) is 21.3 Å². The SMILES string of the molecule is NC(=O)CC(N)C(=O)N1CCOCC1CC(=O)O. The van der Waals surface area contributed by atoms with Gasteiger partial charge < -0.3 is 26.2 Å². The van der Waals surface area contributed by atoms with Crippen LogP contribution in [0.2, 0.25) is 0 Å². The topological polar surface area (TPSA) is 136 Å². The first kappa shape index (κ1) is 14.4. The number of hydrogen-bond acceptors (Lipinski definition) is 5. The monoisotopic (exact) mass is 259 g/mol. The van der Waals surface area contributed by atoms with Crippen molar-refractivity contribution in [2.75, 3.05) is 19.8 Å². The lowest BCUT2D eigenvalue weighted by molar-refractivity contribution is -0.148. The quantitative estimate of drug-likeness (QED) is 0.517. The summed E-state index contributed by atoms with van der Waals surface area (Å²) in [5.41, 5.74) is 10.5. The second-order valence-corrected chi connectivity index (χ2v) is 4.14. The van der Waals surface area contributed by atoms with Crippen LogP contribution in [0.4, 0.5) is 0 Å². The van der Waals surface area contributed by atoms with E-state index in [1.165, 1.54) is 4.90 Å². The smallest absolute Gasteiger partial charge is 0.305 e. The zero-order valence-electron chi connectivity index (χ0n) is 9.87. The third kappa shape index (κ3) is 3.97. The fourth-order valence-corrected chi connectivity index (χ4v) is 1.83. The summed E-state index contributed by atoms with van der Waals surface area (Å²) in [5, 5.41) is 8.75. The highest BCUT2D eigenvalue weighted by molar-refractivity contribution is 5.88. The summed E-state index contributed by atoms with van der Waals surface area (Å²) in [6, 6.07) is -1.58. The zero-order chi connectivity index (χ0) is 13.7. The first-order valence-electron chi connectivity index (χ1n) is 5.55. The molecule has 1 heterocycles. The molecular weight excluding hydrogens is 242 g/mol. The predicted molar refractivity (Wildman–Crippen MR) is 60.4 cm³/mol. The molecule has 102 valence electrons.